The highest BCUT2D eigenvalue weighted by Crippen LogP contribution is 2.22. The fourth-order valence-electron chi connectivity index (χ4n) is 2.81. The van der Waals surface area contributed by atoms with Crippen molar-refractivity contribution in [2.75, 3.05) is 11.4 Å². The van der Waals surface area contributed by atoms with E-state index in [1.807, 2.05) is 59.2 Å². The van der Waals surface area contributed by atoms with Crippen LogP contribution in [0.25, 0.3) is 11.0 Å². The normalized spacial score (nSPS) is 17.9. The SMILES string of the molecule is O=C1OC(Cn2cnc3ccccc32)CN1c1ccccc1. The van der Waals surface area contributed by atoms with Gasteiger partial charge in [-0.3, -0.25) is 4.90 Å². The van der Waals surface area contributed by atoms with E-state index in [-0.39, 0.29) is 12.2 Å². The van der Waals surface area contributed by atoms with Gasteiger partial charge in [0.1, 0.15) is 6.10 Å². The van der Waals surface area contributed by atoms with Crippen LogP contribution < -0.4 is 4.90 Å². The van der Waals surface area contributed by atoms with Crippen molar-refractivity contribution in [1.82, 2.24) is 9.55 Å². The van der Waals surface area contributed by atoms with Gasteiger partial charge in [-0.2, -0.15) is 0 Å². The quantitative estimate of drug-likeness (QED) is 0.745. The lowest BCUT2D eigenvalue weighted by Gasteiger charge is -2.12. The Balaban J connectivity index is 1.54. The summed E-state index contributed by atoms with van der Waals surface area (Å²) in [7, 11) is 0. The van der Waals surface area contributed by atoms with Gasteiger partial charge in [-0.05, 0) is 24.3 Å². The number of hydrogen-bond donors (Lipinski definition) is 0. The Labute approximate surface area is 127 Å². The lowest BCUT2D eigenvalue weighted by Crippen LogP contribution is -2.25. The minimum absolute atomic E-state index is 0.176. The van der Waals surface area contributed by atoms with E-state index < -0.39 is 0 Å². The highest BCUT2D eigenvalue weighted by atomic mass is 16.6. The molecule has 0 radical (unpaired) electrons. The molecule has 1 saturated heterocycles. The fourth-order valence-corrected chi connectivity index (χ4v) is 2.81. The zero-order chi connectivity index (χ0) is 14.9. The lowest BCUT2D eigenvalue weighted by atomic mass is 10.2. The lowest BCUT2D eigenvalue weighted by molar-refractivity contribution is 0.132. The third kappa shape index (κ3) is 2.20. The summed E-state index contributed by atoms with van der Waals surface area (Å²) in [5.41, 5.74) is 2.87. The summed E-state index contributed by atoms with van der Waals surface area (Å²) < 4.78 is 7.52. The van der Waals surface area contributed by atoms with Crippen molar-refractivity contribution in [1.29, 1.82) is 0 Å². The molecule has 2 aromatic carbocycles. The number of hydrogen-bond acceptors (Lipinski definition) is 3. The van der Waals surface area contributed by atoms with Gasteiger partial charge >= 0.3 is 6.09 Å². The van der Waals surface area contributed by atoms with Gasteiger partial charge in [0.25, 0.3) is 0 Å². The number of carbonyl (C=O) groups excluding carboxylic acids is 1. The third-order valence-corrected chi connectivity index (χ3v) is 3.87. The molecule has 1 aliphatic rings. The number of cyclic esters (lactones) is 1. The molecule has 1 unspecified atom stereocenters. The van der Waals surface area contributed by atoms with Gasteiger partial charge in [-0.1, -0.05) is 30.3 Å². The van der Waals surface area contributed by atoms with Crippen LogP contribution >= 0.6 is 0 Å². The summed E-state index contributed by atoms with van der Waals surface area (Å²) in [5.74, 6) is 0. The number of amides is 1. The molecule has 2 heterocycles. The maximum absolute atomic E-state index is 12.1. The second kappa shape index (κ2) is 5.18. The topological polar surface area (TPSA) is 47.4 Å². The smallest absolute Gasteiger partial charge is 0.414 e. The minimum Gasteiger partial charge on any atom is -0.442 e. The van der Waals surface area contributed by atoms with Gasteiger partial charge in [0.2, 0.25) is 0 Å². The van der Waals surface area contributed by atoms with E-state index in [4.69, 9.17) is 4.74 Å². The molecule has 0 bridgehead atoms. The van der Waals surface area contributed by atoms with E-state index in [1.54, 1.807) is 11.2 Å². The Morgan fingerprint density at radius 2 is 1.86 bits per heavy atom. The van der Waals surface area contributed by atoms with Crippen LogP contribution in [-0.2, 0) is 11.3 Å². The first-order valence-electron chi connectivity index (χ1n) is 7.24. The fraction of sp³-hybridized carbons (Fsp3) is 0.176. The number of imidazole rings is 1. The van der Waals surface area contributed by atoms with E-state index in [0.717, 1.165) is 16.7 Å². The molecule has 1 atom stereocenters. The van der Waals surface area contributed by atoms with Crippen molar-refractivity contribution in [3.05, 3.63) is 60.9 Å². The van der Waals surface area contributed by atoms with Crippen molar-refractivity contribution in [2.24, 2.45) is 0 Å². The van der Waals surface area contributed by atoms with Crippen LogP contribution in [0.15, 0.2) is 60.9 Å². The van der Waals surface area contributed by atoms with Crippen molar-refractivity contribution < 1.29 is 9.53 Å². The Morgan fingerprint density at radius 3 is 2.73 bits per heavy atom. The number of fused-ring (bicyclic) bond motifs is 1. The van der Waals surface area contributed by atoms with Gasteiger partial charge in [-0.25, -0.2) is 9.78 Å². The Morgan fingerprint density at radius 1 is 1.09 bits per heavy atom. The molecule has 22 heavy (non-hydrogen) atoms. The van der Waals surface area contributed by atoms with E-state index in [9.17, 15) is 4.79 Å². The van der Waals surface area contributed by atoms with Gasteiger partial charge < -0.3 is 9.30 Å². The summed E-state index contributed by atoms with van der Waals surface area (Å²) in [6.45, 7) is 1.16. The number of carbonyl (C=O) groups is 1. The van der Waals surface area contributed by atoms with Crippen LogP contribution in [-0.4, -0.2) is 28.3 Å². The van der Waals surface area contributed by atoms with Crippen LogP contribution in [0, 0.1) is 0 Å². The maximum Gasteiger partial charge on any atom is 0.414 e. The monoisotopic (exact) mass is 293 g/mol. The third-order valence-electron chi connectivity index (χ3n) is 3.87. The first-order chi connectivity index (χ1) is 10.8. The van der Waals surface area contributed by atoms with Gasteiger partial charge in [0.15, 0.2) is 0 Å². The molecule has 0 spiro atoms. The number of anilines is 1. The Hall–Kier alpha value is -2.82. The number of rotatable bonds is 3. The highest BCUT2D eigenvalue weighted by Gasteiger charge is 2.32. The number of para-hydroxylation sites is 3. The number of ether oxygens (including phenoxy) is 1. The van der Waals surface area contributed by atoms with Crippen molar-refractivity contribution in [2.45, 2.75) is 12.6 Å². The molecule has 4 rings (SSSR count). The predicted octanol–water partition coefficient (Wildman–Crippen LogP) is 3.06. The van der Waals surface area contributed by atoms with E-state index >= 15 is 0 Å². The Bertz CT molecular complexity index is 813. The molecule has 110 valence electrons. The summed E-state index contributed by atoms with van der Waals surface area (Å²) in [5, 5.41) is 0. The standard InChI is InChI=1S/C17H15N3O2/c21-17-20(13-6-2-1-3-7-13)11-14(22-17)10-19-12-18-15-8-4-5-9-16(15)19/h1-9,12,14H,10-11H2. The van der Waals surface area contributed by atoms with E-state index in [0.29, 0.717) is 13.1 Å². The first kappa shape index (κ1) is 12.9. The molecule has 3 aromatic rings. The van der Waals surface area contributed by atoms with E-state index in [1.165, 1.54) is 0 Å². The molecule has 1 aliphatic heterocycles. The highest BCUT2D eigenvalue weighted by molar-refractivity contribution is 5.89. The van der Waals surface area contributed by atoms with Crippen LogP contribution in [0.3, 0.4) is 0 Å². The molecule has 1 aromatic heterocycles. The number of aromatic nitrogens is 2. The van der Waals surface area contributed by atoms with Gasteiger partial charge in [0, 0.05) is 5.69 Å². The Kier molecular flexibility index (Phi) is 3.04. The largest absolute Gasteiger partial charge is 0.442 e. The molecule has 1 amide bonds. The van der Waals surface area contributed by atoms with Gasteiger partial charge in [0.05, 0.1) is 30.5 Å². The summed E-state index contributed by atoms with van der Waals surface area (Å²) in [6.07, 6.45) is 1.33. The molecule has 5 nitrogen and oxygen atoms in total. The number of nitrogens with zero attached hydrogens (tertiary/aromatic N) is 3. The molecule has 1 fully saturated rings. The molecular formula is C17H15N3O2. The molecule has 0 N–H and O–H groups in total. The van der Waals surface area contributed by atoms with Crippen molar-refractivity contribution in [3.8, 4) is 0 Å². The second-order valence-corrected chi connectivity index (χ2v) is 5.34. The summed E-state index contributed by atoms with van der Waals surface area (Å²) in [6, 6.07) is 17.5. The average molecular weight is 293 g/mol. The van der Waals surface area contributed by atoms with Crippen LogP contribution in [0.4, 0.5) is 10.5 Å². The van der Waals surface area contributed by atoms with Crippen molar-refractivity contribution >= 4 is 22.8 Å². The molecule has 0 aliphatic carbocycles. The average Bonchev–Trinajstić information content (AvgIpc) is 3.13. The van der Waals surface area contributed by atoms with Crippen molar-refractivity contribution in [3.63, 3.8) is 0 Å². The van der Waals surface area contributed by atoms with Crippen LogP contribution in [0.5, 0.6) is 0 Å². The van der Waals surface area contributed by atoms with Gasteiger partial charge in [-0.15, -0.1) is 0 Å². The predicted molar refractivity (Wildman–Crippen MR) is 83.8 cm³/mol. The van der Waals surface area contributed by atoms with Crippen LogP contribution in [0.1, 0.15) is 0 Å². The second-order valence-electron chi connectivity index (χ2n) is 5.34. The zero-order valence-electron chi connectivity index (χ0n) is 11.9. The zero-order valence-corrected chi connectivity index (χ0v) is 11.9. The first-order valence-corrected chi connectivity index (χ1v) is 7.24. The molecular weight excluding hydrogens is 278 g/mol. The maximum atomic E-state index is 12.1. The minimum atomic E-state index is -0.291. The summed E-state index contributed by atoms with van der Waals surface area (Å²) in [4.78, 5) is 18.1. The van der Waals surface area contributed by atoms with E-state index in [2.05, 4.69) is 4.98 Å². The van der Waals surface area contributed by atoms with Crippen LogP contribution in [0.2, 0.25) is 0 Å². The molecule has 0 saturated carbocycles. The number of benzene rings is 2. The molecule has 5 heteroatoms. The summed E-state index contributed by atoms with van der Waals surface area (Å²) >= 11 is 0.